The molecule has 1 saturated heterocycles. The lowest BCUT2D eigenvalue weighted by atomic mass is 10.2. The van der Waals surface area contributed by atoms with Crippen LogP contribution in [0.2, 0.25) is 5.02 Å². The zero-order valence-electron chi connectivity index (χ0n) is 8.98. The molecule has 7 heteroatoms. The minimum absolute atomic E-state index is 0.386. The van der Waals surface area contributed by atoms with E-state index < -0.39 is 0 Å². The number of nitrogens with two attached hydrogens (primary N) is 1. The van der Waals surface area contributed by atoms with Crippen molar-refractivity contribution in [2.45, 2.75) is 12.5 Å². The number of nitrogens with one attached hydrogen (secondary N) is 1. The number of nitrogens with zero attached hydrogens (tertiary/aromatic N) is 3. The summed E-state index contributed by atoms with van der Waals surface area (Å²) in [6.45, 7) is 0. The Morgan fingerprint density at radius 2 is 2.50 bits per heavy atom. The van der Waals surface area contributed by atoms with Crippen LogP contribution < -0.4 is 16.2 Å². The summed E-state index contributed by atoms with van der Waals surface area (Å²) in [5.74, 6) is 8.71. The highest BCUT2D eigenvalue weighted by Gasteiger charge is 2.23. The number of aromatic nitrogens is 2. The van der Waals surface area contributed by atoms with E-state index in [9.17, 15) is 0 Å². The largest absolute Gasteiger partial charge is 0.354 e. The molecule has 1 unspecified atom stereocenters. The van der Waals surface area contributed by atoms with E-state index >= 15 is 0 Å². The summed E-state index contributed by atoms with van der Waals surface area (Å²) in [4.78, 5) is 10.3. The summed E-state index contributed by atoms with van der Waals surface area (Å²) in [7, 11) is 2.01. The number of hydrazine groups is 1. The van der Waals surface area contributed by atoms with E-state index in [2.05, 4.69) is 20.3 Å². The number of thioether (sulfide) groups is 1. The number of hydrogen-bond donors (Lipinski definition) is 2. The molecule has 3 N–H and O–H groups in total. The Balaban J connectivity index is 2.23. The molecule has 5 nitrogen and oxygen atoms in total. The molecule has 2 rings (SSSR count). The van der Waals surface area contributed by atoms with Gasteiger partial charge in [-0.15, -0.1) is 0 Å². The Kier molecular flexibility index (Phi) is 3.73. The van der Waals surface area contributed by atoms with E-state index in [-0.39, 0.29) is 0 Å². The van der Waals surface area contributed by atoms with Gasteiger partial charge in [0.05, 0.1) is 6.20 Å². The Bertz CT molecular complexity index is 369. The second-order valence-electron chi connectivity index (χ2n) is 3.64. The van der Waals surface area contributed by atoms with Crippen molar-refractivity contribution in [1.82, 2.24) is 9.97 Å². The topological polar surface area (TPSA) is 67.1 Å². The zero-order valence-corrected chi connectivity index (χ0v) is 10.6. The second kappa shape index (κ2) is 5.07. The minimum atomic E-state index is 0.386. The van der Waals surface area contributed by atoms with Crippen LogP contribution in [-0.4, -0.2) is 34.6 Å². The van der Waals surface area contributed by atoms with E-state index in [1.54, 1.807) is 6.20 Å². The molecule has 2 heterocycles. The third-order valence-corrected chi connectivity index (χ3v) is 4.05. The Morgan fingerprint density at radius 1 is 1.69 bits per heavy atom. The van der Waals surface area contributed by atoms with Crippen molar-refractivity contribution in [2.24, 2.45) is 5.84 Å². The van der Waals surface area contributed by atoms with Crippen molar-refractivity contribution >= 4 is 35.1 Å². The Labute approximate surface area is 104 Å². The van der Waals surface area contributed by atoms with Gasteiger partial charge in [-0.05, 0) is 12.2 Å². The van der Waals surface area contributed by atoms with Gasteiger partial charge in [-0.2, -0.15) is 16.7 Å². The molecule has 0 radical (unpaired) electrons. The summed E-state index contributed by atoms with van der Waals surface area (Å²) in [6, 6.07) is 0.489. The smallest absolute Gasteiger partial charge is 0.239 e. The van der Waals surface area contributed by atoms with Gasteiger partial charge < -0.3 is 4.90 Å². The predicted octanol–water partition coefficient (Wildman–Crippen LogP) is 1.36. The highest BCUT2D eigenvalue weighted by atomic mass is 35.5. The molecule has 0 spiro atoms. The number of anilines is 2. The van der Waals surface area contributed by atoms with Crippen molar-refractivity contribution in [2.75, 3.05) is 28.9 Å². The second-order valence-corrected chi connectivity index (χ2v) is 5.19. The third-order valence-electron chi connectivity index (χ3n) is 2.64. The van der Waals surface area contributed by atoms with Crippen LogP contribution in [0.1, 0.15) is 6.42 Å². The Hall–Kier alpha value is -0.720. The van der Waals surface area contributed by atoms with Crippen LogP contribution in [-0.2, 0) is 0 Å². The van der Waals surface area contributed by atoms with Gasteiger partial charge in [-0.25, -0.2) is 10.8 Å². The molecule has 0 aromatic carbocycles. The summed E-state index contributed by atoms with van der Waals surface area (Å²) in [6.07, 6.45) is 2.73. The molecular weight excluding hydrogens is 246 g/mol. The summed E-state index contributed by atoms with van der Waals surface area (Å²) in [5, 5.41) is 0.554. The monoisotopic (exact) mass is 259 g/mol. The first-order valence-corrected chi connectivity index (χ1v) is 6.55. The molecule has 16 heavy (non-hydrogen) atoms. The number of hydrogen-bond acceptors (Lipinski definition) is 6. The summed E-state index contributed by atoms with van der Waals surface area (Å²) in [5.41, 5.74) is 2.43. The number of rotatable bonds is 3. The van der Waals surface area contributed by atoms with Crippen molar-refractivity contribution < 1.29 is 0 Å². The first-order valence-electron chi connectivity index (χ1n) is 5.02. The minimum Gasteiger partial charge on any atom is -0.354 e. The van der Waals surface area contributed by atoms with Crippen molar-refractivity contribution in [3.63, 3.8) is 0 Å². The van der Waals surface area contributed by atoms with Crippen LogP contribution in [0.4, 0.5) is 11.8 Å². The van der Waals surface area contributed by atoms with E-state index in [4.69, 9.17) is 17.4 Å². The normalized spacial score (nSPS) is 19.8. The van der Waals surface area contributed by atoms with Gasteiger partial charge in [0.1, 0.15) is 5.02 Å². The zero-order chi connectivity index (χ0) is 11.5. The van der Waals surface area contributed by atoms with E-state index in [0.29, 0.717) is 17.0 Å². The maximum absolute atomic E-state index is 6.08. The highest BCUT2D eigenvalue weighted by molar-refractivity contribution is 7.99. The van der Waals surface area contributed by atoms with Crippen LogP contribution in [0, 0.1) is 0 Å². The van der Waals surface area contributed by atoms with Gasteiger partial charge in [0, 0.05) is 18.8 Å². The van der Waals surface area contributed by atoms with E-state index in [1.165, 1.54) is 5.75 Å². The van der Waals surface area contributed by atoms with Gasteiger partial charge in [0.25, 0.3) is 0 Å². The van der Waals surface area contributed by atoms with Crippen LogP contribution in [0.15, 0.2) is 6.20 Å². The third kappa shape index (κ3) is 2.34. The average molecular weight is 260 g/mol. The molecule has 1 atom stereocenters. The molecule has 1 aliphatic rings. The fourth-order valence-corrected chi connectivity index (χ4v) is 3.17. The van der Waals surface area contributed by atoms with Gasteiger partial charge in [0.15, 0.2) is 5.82 Å². The molecule has 1 aliphatic heterocycles. The van der Waals surface area contributed by atoms with Gasteiger partial charge in [-0.3, -0.25) is 5.43 Å². The summed E-state index contributed by atoms with van der Waals surface area (Å²) < 4.78 is 0. The molecule has 1 fully saturated rings. The maximum atomic E-state index is 6.08. The van der Waals surface area contributed by atoms with E-state index in [0.717, 1.165) is 18.0 Å². The standard InChI is InChI=1S/C9H14ClN5S/c1-15(6-2-3-16-5-6)8-7(10)4-12-9(13-8)14-11/h4,6H,2-3,5,11H2,1H3,(H,12,13,14). The van der Waals surface area contributed by atoms with Crippen LogP contribution in [0.5, 0.6) is 0 Å². The van der Waals surface area contributed by atoms with Gasteiger partial charge >= 0.3 is 0 Å². The van der Waals surface area contributed by atoms with E-state index in [1.807, 2.05) is 18.8 Å². The SMILES string of the molecule is CN(c1nc(NN)ncc1Cl)C1CCSC1. The lowest BCUT2D eigenvalue weighted by molar-refractivity contribution is 0.691. The molecular formula is C9H14ClN5S. The molecule has 0 amide bonds. The molecule has 0 aliphatic carbocycles. The maximum Gasteiger partial charge on any atom is 0.239 e. The predicted molar refractivity (Wildman–Crippen MR) is 69.0 cm³/mol. The van der Waals surface area contributed by atoms with Crippen LogP contribution in [0.3, 0.4) is 0 Å². The Morgan fingerprint density at radius 3 is 3.12 bits per heavy atom. The first-order chi connectivity index (χ1) is 7.72. The lowest BCUT2D eigenvalue weighted by Crippen LogP contribution is -2.32. The van der Waals surface area contributed by atoms with Crippen LogP contribution in [0.25, 0.3) is 0 Å². The number of halogens is 1. The first kappa shape index (κ1) is 11.8. The van der Waals surface area contributed by atoms with Gasteiger partial charge in [0.2, 0.25) is 5.95 Å². The lowest BCUT2D eigenvalue weighted by Gasteiger charge is -2.25. The summed E-state index contributed by atoms with van der Waals surface area (Å²) >= 11 is 8.04. The van der Waals surface area contributed by atoms with Crippen molar-refractivity contribution in [3.05, 3.63) is 11.2 Å². The van der Waals surface area contributed by atoms with Crippen LogP contribution >= 0.6 is 23.4 Å². The molecule has 0 bridgehead atoms. The molecule has 88 valence electrons. The van der Waals surface area contributed by atoms with Crippen molar-refractivity contribution in [3.8, 4) is 0 Å². The quantitative estimate of drug-likeness (QED) is 0.631. The molecule has 1 aromatic heterocycles. The molecule has 0 saturated carbocycles. The average Bonchev–Trinajstić information content (AvgIpc) is 2.82. The molecule has 1 aromatic rings. The fourth-order valence-electron chi connectivity index (χ4n) is 1.68. The fraction of sp³-hybridized carbons (Fsp3) is 0.556. The van der Waals surface area contributed by atoms with Gasteiger partial charge in [-0.1, -0.05) is 11.6 Å². The number of nitrogen functional groups attached to an aromatic ring is 1. The highest BCUT2D eigenvalue weighted by Crippen LogP contribution is 2.29. The van der Waals surface area contributed by atoms with Crippen molar-refractivity contribution in [1.29, 1.82) is 0 Å².